The van der Waals surface area contributed by atoms with Gasteiger partial charge >= 0.3 is 0 Å². The first-order valence-corrected chi connectivity index (χ1v) is 8.43. The van der Waals surface area contributed by atoms with Crippen LogP contribution in [0.25, 0.3) is 0 Å². The van der Waals surface area contributed by atoms with E-state index < -0.39 is 0 Å². The molecule has 2 aromatic carbocycles. The van der Waals surface area contributed by atoms with Gasteiger partial charge in [0.1, 0.15) is 0 Å². The lowest BCUT2D eigenvalue weighted by molar-refractivity contribution is 1.40. The molecule has 0 aliphatic heterocycles. The third-order valence-corrected chi connectivity index (χ3v) is 6.48. The van der Waals surface area contributed by atoms with Gasteiger partial charge in [-0.1, -0.05) is 78.4 Å². The molecular weight excluding hydrogens is 259 g/mol. The Balaban J connectivity index is 2.12. The standard InChI is InChI=1S/C19H19P/c1-15-12-13-16(2)19(14-15)20(18-10-6-7-11-18)17-8-4-3-5-9-17/h3-14,18H,1-2H3. The van der Waals surface area contributed by atoms with Gasteiger partial charge in [0.15, 0.2) is 0 Å². The van der Waals surface area contributed by atoms with Gasteiger partial charge in [-0.25, -0.2) is 0 Å². The third kappa shape index (κ3) is 2.62. The zero-order valence-corrected chi connectivity index (χ0v) is 12.8. The van der Waals surface area contributed by atoms with Crippen LogP contribution in [0.1, 0.15) is 11.1 Å². The molecule has 1 heteroatoms. The number of aryl methyl sites for hydroxylation is 2. The lowest BCUT2D eigenvalue weighted by atomic mass is 10.2. The van der Waals surface area contributed by atoms with E-state index >= 15 is 0 Å². The quantitative estimate of drug-likeness (QED) is 0.737. The molecule has 0 aromatic heterocycles. The Bertz CT molecular complexity index is 641. The molecule has 100 valence electrons. The van der Waals surface area contributed by atoms with Gasteiger partial charge in [0.2, 0.25) is 0 Å². The molecule has 0 N–H and O–H groups in total. The first-order chi connectivity index (χ1) is 9.75. The molecule has 0 fully saturated rings. The molecule has 1 atom stereocenters. The normalized spacial score (nSPS) is 15.7. The fraction of sp³-hybridized carbons (Fsp3) is 0.158. The lowest BCUT2D eigenvalue weighted by Crippen LogP contribution is -2.20. The van der Waals surface area contributed by atoms with Crippen LogP contribution in [0.5, 0.6) is 0 Å². The number of benzene rings is 2. The number of rotatable bonds is 3. The van der Waals surface area contributed by atoms with Crippen LogP contribution in [0.3, 0.4) is 0 Å². The van der Waals surface area contributed by atoms with Gasteiger partial charge in [-0.2, -0.15) is 0 Å². The van der Waals surface area contributed by atoms with Crippen molar-refractivity contribution in [2.24, 2.45) is 0 Å². The first-order valence-electron chi connectivity index (χ1n) is 7.02. The maximum Gasteiger partial charge on any atom is 0.0237 e. The average Bonchev–Trinajstić information content (AvgIpc) is 2.98. The summed E-state index contributed by atoms with van der Waals surface area (Å²) >= 11 is 0. The second kappa shape index (κ2) is 5.77. The molecule has 1 aliphatic carbocycles. The minimum absolute atomic E-state index is 0.363. The van der Waals surface area contributed by atoms with Gasteiger partial charge < -0.3 is 0 Å². The topological polar surface area (TPSA) is 0 Å². The van der Waals surface area contributed by atoms with Gasteiger partial charge in [0.25, 0.3) is 0 Å². The fourth-order valence-corrected chi connectivity index (χ4v) is 5.41. The van der Waals surface area contributed by atoms with Crippen molar-refractivity contribution in [3.05, 3.63) is 84.0 Å². The van der Waals surface area contributed by atoms with Crippen molar-refractivity contribution >= 4 is 18.5 Å². The first kappa shape index (κ1) is 13.3. The highest BCUT2D eigenvalue weighted by molar-refractivity contribution is 7.74. The summed E-state index contributed by atoms with van der Waals surface area (Å²) in [6, 6.07) is 17.8. The van der Waals surface area contributed by atoms with E-state index in [0.29, 0.717) is 5.66 Å². The summed E-state index contributed by atoms with van der Waals surface area (Å²) in [6.07, 6.45) is 9.02. The van der Waals surface area contributed by atoms with Crippen LogP contribution in [0.15, 0.2) is 72.8 Å². The molecule has 1 unspecified atom stereocenters. The summed E-state index contributed by atoms with van der Waals surface area (Å²) in [7, 11) is -0.363. The second-order valence-electron chi connectivity index (χ2n) is 5.26. The minimum Gasteiger partial charge on any atom is -0.0727 e. The van der Waals surface area contributed by atoms with E-state index in [0.717, 1.165) is 0 Å². The summed E-state index contributed by atoms with van der Waals surface area (Å²) in [4.78, 5) is 0. The fourth-order valence-electron chi connectivity index (χ4n) is 2.63. The molecular formula is C19H19P. The molecule has 0 bridgehead atoms. The van der Waals surface area contributed by atoms with Crippen LogP contribution in [-0.4, -0.2) is 5.66 Å². The molecule has 1 aliphatic rings. The molecule has 0 heterocycles. The number of hydrogen-bond donors (Lipinski definition) is 0. The maximum absolute atomic E-state index is 2.37. The van der Waals surface area contributed by atoms with Crippen molar-refractivity contribution in [1.29, 1.82) is 0 Å². The Hall–Kier alpha value is -1.65. The van der Waals surface area contributed by atoms with Crippen LogP contribution in [-0.2, 0) is 0 Å². The Labute approximate surface area is 122 Å². The Kier molecular flexibility index (Phi) is 3.85. The smallest absolute Gasteiger partial charge is 0.0237 e. The molecule has 3 rings (SSSR count). The summed E-state index contributed by atoms with van der Waals surface area (Å²) in [5.41, 5.74) is 3.27. The predicted molar refractivity (Wildman–Crippen MR) is 90.6 cm³/mol. The SMILES string of the molecule is Cc1ccc(C)c(P(c2ccccc2)C2C=CC=C2)c1. The van der Waals surface area contributed by atoms with E-state index in [2.05, 4.69) is 86.7 Å². The van der Waals surface area contributed by atoms with E-state index in [-0.39, 0.29) is 7.92 Å². The van der Waals surface area contributed by atoms with Gasteiger partial charge in [-0.3, -0.25) is 0 Å². The maximum atomic E-state index is 2.37. The van der Waals surface area contributed by atoms with Crippen molar-refractivity contribution in [1.82, 2.24) is 0 Å². The molecule has 0 saturated heterocycles. The van der Waals surface area contributed by atoms with Crippen molar-refractivity contribution in [2.45, 2.75) is 19.5 Å². The van der Waals surface area contributed by atoms with Crippen LogP contribution >= 0.6 is 7.92 Å². The molecule has 0 nitrogen and oxygen atoms in total. The molecule has 0 amide bonds. The zero-order valence-electron chi connectivity index (χ0n) is 12.0. The minimum atomic E-state index is -0.363. The average molecular weight is 278 g/mol. The molecule has 0 saturated carbocycles. The summed E-state index contributed by atoms with van der Waals surface area (Å²) < 4.78 is 0. The van der Waals surface area contributed by atoms with Crippen molar-refractivity contribution in [3.8, 4) is 0 Å². The van der Waals surface area contributed by atoms with Crippen LogP contribution in [0, 0.1) is 13.8 Å². The van der Waals surface area contributed by atoms with Gasteiger partial charge in [0.05, 0.1) is 0 Å². The Morgan fingerprint density at radius 2 is 1.55 bits per heavy atom. The summed E-state index contributed by atoms with van der Waals surface area (Å²) in [5, 5.41) is 2.96. The zero-order chi connectivity index (χ0) is 13.9. The van der Waals surface area contributed by atoms with Crippen LogP contribution in [0.2, 0.25) is 0 Å². The molecule has 0 radical (unpaired) electrons. The monoisotopic (exact) mass is 278 g/mol. The summed E-state index contributed by atoms with van der Waals surface area (Å²) in [5.74, 6) is 0. The third-order valence-electron chi connectivity index (χ3n) is 3.68. The van der Waals surface area contributed by atoms with Crippen molar-refractivity contribution in [2.75, 3.05) is 0 Å². The highest BCUT2D eigenvalue weighted by Crippen LogP contribution is 2.43. The number of allylic oxidation sites excluding steroid dienone is 4. The van der Waals surface area contributed by atoms with Crippen LogP contribution < -0.4 is 10.6 Å². The van der Waals surface area contributed by atoms with E-state index in [9.17, 15) is 0 Å². The highest BCUT2D eigenvalue weighted by Gasteiger charge is 2.23. The van der Waals surface area contributed by atoms with Gasteiger partial charge in [-0.05, 0) is 37.9 Å². The van der Waals surface area contributed by atoms with E-state index in [1.165, 1.54) is 21.7 Å². The Morgan fingerprint density at radius 3 is 2.25 bits per heavy atom. The predicted octanol–water partition coefficient (Wildman–Crippen LogP) is 4.23. The van der Waals surface area contributed by atoms with Crippen molar-refractivity contribution < 1.29 is 0 Å². The highest BCUT2D eigenvalue weighted by atomic mass is 31.1. The van der Waals surface area contributed by atoms with Crippen molar-refractivity contribution in [3.63, 3.8) is 0 Å². The van der Waals surface area contributed by atoms with Gasteiger partial charge in [-0.15, -0.1) is 0 Å². The van der Waals surface area contributed by atoms with E-state index in [1.807, 2.05) is 0 Å². The summed E-state index contributed by atoms with van der Waals surface area (Å²) in [6.45, 7) is 4.41. The van der Waals surface area contributed by atoms with E-state index in [1.54, 1.807) is 0 Å². The van der Waals surface area contributed by atoms with Gasteiger partial charge in [0, 0.05) is 5.66 Å². The number of hydrogen-bond acceptors (Lipinski definition) is 0. The molecule has 20 heavy (non-hydrogen) atoms. The Morgan fingerprint density at radius 1 is 0.850 bits per heavy atom. The largest absolute Gasteiger partial charge is 0.0727 e. The molecule has 0 spiro atoms. The second-order valence-corrected chi connectivity index (χ2v) is 7.59. The lowest BCUT2D eigenvalue weighted by Gasteiger charge is -2.25. The molecule has 2 aromatic rings. The van der Waals surface area contributed by atoms with E-state index in [4.69, 9.17) is 0 Å². The van der Waals surface area contributed by atoms with Crippen LogP contribution in [0.4, 0.5) is 0 Å².